The topological polar surface area (TPSA) is 12.0 Å². The fourth-order valence-electron chi connectivity index (χ4n) is 1.96. The Morgan fingerprint density at radius 1 is 1.17 bits per heavy atom. The SMILES string of the molecule is CCC(CC)NC(C)c1cccc(C(F)(F)F)c1. The molecule has 0 spiro atoms. The summed E-state index contributed by atoms with van der Waals surface area (Å²) in [6, 6.07) is 5.79. The van der Waals surface area contributed by atoms with Crippen molar-refractivity contribution in [1.82, 2.24) is 5.32 Å². The van der Waals surface area contributed by atoms with Gasteiger partial charge < -0.3 is 5.32 Å². The average Bonchev–Trinajstić information content (AvgIpc) is 2.34. The molecule has 0 saturated carbocycles. The molecule has 1 nitrogen and oxygen atoms in total. The van der Waals surface area contributed by atoms with E-state index in [-0.39, 0.29) is 6.04 Å². The molecule has 18 heavy (non-hydrogen) atoms. The molecule has 1 N–H and O–H groups in total. The number of rotatable bonds is 5. The smallest absolute Gasteiger partial charge is 0.307 e. The number of hydrogen-bond acceptors (Lipinski definition) is 1. The van der Waals surface area contributed by atoms with Gasteiger partial charge >= 0.3 is 6.18 Å². The molecule has 0 aliphatic heterocycles. The highest BCUT2D eigenvalue weighted by atomic mass is 19.4. The highest BCUT2D eigenvalue weighted by molar-refractivity contribution is 5.27. The molecule has 0 amide bonds. The van der Waals surface area contributed by atoms with Gasteiger partial charge in [-0.1, -0.05) is 26.0 Å². The van der Waals surface area contributed by atoms with Crippen molar-refractivity contribution in [2.45, 2.75) is 51.9 Å². The Labute approximate surface area is 106 Å². The summed E-state index contributed by atoms with van der Waals surface area (Å²) in [6.45, 7) is 6.04. The van der Waals surface area contributed by atoms with Gasteiger partial charge in [-0.3, -0.25) is 0 Å². The predicted molar refractivity (Wildman–Crippen MR) is 67.4 cm³/mol. The lowest BCUT2D eigenvalue weighted by Crippen LogP contribution is -2.30. The third kappa shape index (κ3) is 4.02. The van der Waals surface area contributed by atoms with Crippen LogP contribution >= 0.6 is 0 Å². The summed E-state index contributed by atoms with van der Waals surface area (Å²) >= 11 is 0. The molecule has 0 aliphatic carbocycles. The van der Waals surface area contributed by atoms with E-state index in [0.29, 0.717) is 11.6 Å². The summed E-state index contributed by atoms with van der Waals surface area (Å²) < 4.78 is 37.8. The number of alkyl halides is 3. The van der Waals surface area contributed by atoms with Crippen LogP contribution in [-0.2, 0) is 6.18 Å². The Morgan fingerprint density at radius 2 is 1.78 bits per heavy atom. The van der Waals surface area contributed by atoms with E-state index in [4.69, 9.17) is 0 Å². The number of nitrogens with one attached hydrogen (secondary N) is 1. The largest absolute Gasteiger partial charge is 0.416 e. The molecule has 1 rings (SSSR count). The zero-order valence-corrected chi connectivity index (χ0v) is 11.0. The Bertz CT molecular complexity index is 370. The second-order valence-corrected chi connectivity index (χ2v) is 4.52. The van der Waals surface area contributed by atoms with Gasteiger partial charge in [-0.15, -0.1) is 0 Å². The maximum Gasteiger partial charge on any atom is 0.416 e. The fraction of sp³-hybridized carbons (Fsp3) is 0.571. The quantitative estimate of drug-likeness (QED) is 0.818. The van der Waals surface area contributed by atoms with E-state index in [1.165, 1.54) is 12.1 Å². The lowest BCUT2D eigenvalue weighted by atomic mass is 10.0. The lowest BCUT2D eigenvalue weighted by molar-refractivity contribution is -0.137. The Hall–Kier alpha value is -1.03. The first kappa shape index (κ1) is 15.0. The van der Waals surface area contributed by atoms with Crippen LogP contribution in [0.25, 0.3) is 0 Å². The van der Waals surface area contributed by atoms with Crippen molar-refractivity contribution >= 4 is 0 Å². The van der Waals surface area contributed by atoms with Crippen molar-refractivity contribution < 1.29 is 13.2 Å². The summed E-state index contributed by atoms with van der Waals surface area (Å²) in [5.74, 6) is 0. The Kier molecular flexibility index (Phi) is 5.20. The second-order valence-electron chi connectivity index (χ2n) is 4.52. The molecule has 102 valence electrons. The molecule has 1 aromatic carbocycles. The zero-order chi connectivity index (χ0) is 13.8. The van der Waals surface area contributed by atoms with Gasteiger partial charge in [0, 0.05) is 12.1 Å². The molecule has 0 aliphatic rings. The molecule has 1 unspecified atom stereocenters. The normalized spacial score (nSPS) is 13.9. The van der Waals surface area contributed by atoms with Crippen LogP contribution in [0, 0.1) is 0 Å². The van der Waals surface area contributed by atoms with E-state index >= 15 is 0 Å². The first-order valence-electron chi connectivity index (χ1n) is 6.31. The van der Waals surface area contributed by atoms with Crippen LogP contribution in [0.15, 0.2) is 24.3 Å². The van der Waals surface area contributed by atoms with Crippen molar-refractivity contribution in [3.63, 3.8) is 0 Å². The number of halogens is 3. The van der Waals surface area contributed by atoms with E-state index in [9.17, 15) is 13.2 Å². The number of benzene rings is 1. The van der Waals surface area contributed by atoms with Gasteiger partial charge in [0.15, 0.2) is 0 Å². The van der Waals surface area contributed by atoms with Gasteiger partial charge in [-0.25, -0.2) is 0 Å². The minimum Gasteiger partial charge on any atom is -0.307 e. The van der Waals surface area contributed by atoms with E-state index in [0.717, 1.165) is 18.9 Å². The van der Waals surface area contributed by atoms with Crippen molar-refractivity contribution in [2.75, 3.05) is 0 Å². The van der Waals surface area contributed by atoms with Gasteiger partial charge in [-0.05, 0) is 37.5 Å². The first-order chi connectivity index (χ1) is 8.38. The third-order valence-corrected chi connectivity index (χ3v) is 3.19. The lowest BCUT2D eigenvalue weighted by Gasteiger charge is -2.22. The predicted octanol–water partition coefficient (Wildman–Crippen LogP) is 4.54. The van der Waals surface area contributed by atoms with E-state index in [1.54, 1.807) is 6.07 Å². The van der Waals surface area contributed by atoms with Crippen LogP contribution < -0.4 is 5.32 Å². The summed E-state index contributed by atoms with van der Waals surface area (Å²) in [4.78, 5) is 0. The molecule has 0 radical (unpaired) electrons. The molecule has 1 aromatic rings. The summed E-state index contributed by atoms with van der Waals surface area (Å²) in [6.07, 6.45) is -2.33. The van der Waals surface area contributed by atoms with Crippen LogP contribution in [0.1, 0.15) is 50.8 Å². The van der Waals surface area contributed by atoms with Gasteiger partial charge in [-0.2, -0.15) is 13.2 Å². The minimum atomic E-state index is -4.27. The molecular formula is C14H20F3N. The fourth-order valence-corrected chi connectivity index (χ4v) is 1.96. The number of hydrogen-bond donors (Lipinski definition) is 1. The maximum absolute atomic E-state index is 12.6. The van der Waals surface area contributed by atoms with Crippen LogP contribution in [0.2, 0.25) is 0 Å². The van der Waals surface area contributed by atoms with Gasteiger partial charge in [0.1, 0.15) is 0 Å². The van der Waals surface area contributed by atoms with E-state index < -0.39 is 11.7 Å². The van der Waals surface area contributed by atoms with Crippen LogP contribution in [-0.4, -0.2) is 6.04 Å². The first-order valence-corrected chi connectivity index (χ1v) is 6.31. The highest BCUT2D eigenvalue weighted by Gasteiger charge is 2.30. The summed E-state index contributed by atoms with van der Waals surface area (Å²) in [5.41, 5.74) is 0.0925. The van der Waals surface area contributed by atoms with Crippen molar-refractivity contribution in [1.29, 1.82) is 0 Å². The van der Waals surface area contributed by atoms with Crippen molar-refractivity contribution in [2.24, 2.45) is 0 Å². The standard InChI is InChI=1S/C14H20F3N/c1-4-13(5-2)18-10(3)11-7-6-8-12(9-11)14(15,16)17/h6-10,13,18H,4-5H2,1-3H3. The minimum absolute atomic E-state index is 0.0720. The molecule has 4 heteroatoms. The van der Waals surface area contributed by atoms with E-state index in [1.807, 2.05) is 6.92 Å². The van der Waals surface area contributed by atoms with Crippen LogP contribution in [0.5, 0.6) is 0 Å². The molecule has 0 aromatic heterocycles. The zero-order valence-electron chi connectivity index (χ0n) is 11.0. The molecule has 1 atom stereocenters. The molecule has 0 bridgehead atoms. The van der Waals surface area contributed by atoms with Gasteiger partial charge in [0.05, 0.1) is 5.56 Å². The Morgan fingerprint density at radius 3 is 2.28 bits per heavy atom. The summed E-state index contributed by atoms with van der Waals surface area (Å²) in [7, 11) is 0. The van der Waals surface area contributed by atoms with Crippen molar-refractivity contribution in [3.8, 4) is 0 Å². The van der Waals surface area contributed by atoms with Gasteiger partial charge in [0.2, 0.25) is 0 Å². The molecule has 0 saturated heterocycles. The third-order valence-electron chi connectivity index (χ3n) is 3.19. The monoisotopic (exact) mass is 259 g/mol. The molecule has 0 heterocycles. The maximum atomic E-state index is 12.6. The van der Waals surface area contributed by atoms with Crippen molar-refractivity contribution in [3.05, 3.63) is 35.4 Å². The van der Waals surface area contributed by atoms with E-state index in [2.05, 4.69) is 19.2 Å². The molecule has 0 fully saturated rings. The average molecular weight is 259 g/mol. The van der Waals surface area contributed by atoms with Crippen LogP contribution in [0.4, 0.5) is 13.2 Å². The second kappa shape index (κ2) is 6.23. The highest BCUT2D eigenvalue weighted by Crippen LogP contribution is 2.30. The Balaban J connectivity index is 2.83. The van der Waals surface area contributed by atoms with Crippen LogP contribution in [0.3, 0.4) is 0 Å². The van der Waals surface area contributed by atoms with Gasteiger partial charge in [0.25, 0.3) is 0 Å². The summed E-state index contributed by atoms with van der Waals surface area (Å²) in [5, 5.41) is 3.34. The molecular weight excluding hydrogens is 239 g/mol.